The molecule has 0 unspecified atom stereocenters. The molecule has 1 aromatic heterocycles. The first-order valence-electron chi connectivity index (χ1n) is 6.64. The molecule has 7 heteroatoms. The number of hydrogen-bond donors (Lipinski definition) is 2. The minimum absolute atomic E-state index is 0.0493. The van der Waals surface area contributed by atoms with Crippen molar-refractivity contribution in [1.82, 2.24) is 4.57 Å². The highest BCUT2D eigenvalue weighted by molar-refractivity contribution is 5.92. The minimum Gasteiger partial charge on any atom is -0.478 e. The summed E-state index contributed by atoms with van der Waals surface area (Å²) in [6.45, 7) is 0.148. The smallest absolute Gasteiger partial charge is 0.420 e. The van der Waals surface area contributed by atoms with Crippen molar-refractivity contribution in [2.75, 3.05) is 0 Å². The van der Waals surface area contributed by atoms with Gasteiger partial charge in [-0.25, -0.2) is 14.4 Å². The lowest BCUT2D eigenvalue weighted by molar-refractivity contribution is 0.0686. The maximum absolute atomic E-state index is 12.0. The second-order valence-electron chi connectivity index (χ2n) is 4.94. The van der Waals surface area contributed by atoms with Crippen molar-refractivity contribution in [3.63, 3.8) is 0 Å². The molecule has 116 valence electrons. The average Bonchev–Trinajstić information content (AvgIpc) is 2.83. The normalized spacial score (nSPS) is 10.8. The van der Waals surface area contributed by atoms with Crippen molar-refractivity contribution in [3.8, 4) is 0 Å². The van der Waals surface area contributed by atoms with E-state index in [1.165, 1.54) is 34.9 Å². The number of hydrogen-bond acceptors (Lipinski definition) is 4. The largest absolute Gasteiger partial charge is 0.478 e. The fourth-order valence-electron chi connectivity index (χ4n) is 2.28. The lowest BCUT2D eigenvalue weighted by Crippen LogP contribution is -2.15. The summed E-state index contributed by atoms with van der Waals surface area (Å²) in [5.41, 5.74) is 1.56. The number of carboxylic acids is 2. The summed E-state index contributed by atoms with van der Waals surface area (Å²) < 4.78 is 6.39. The highest BCUT2D eigenvalue weighted by Crippen LogP contribution is 2.17. The van der Waals surface area contributed by atoms with Crippen LogP contribution in [0.3, 0.4) is 0 Å². The average molecular weight is 313 g/mol. The lowest BCUT2D eigenvalue weighted by atomic mass is 10.1. The van der Waals surface area contributed by atoms with Gasteiger partial charge in [-0.1, -0.05) is 12.1 Å². The van der Waals surface area contributed by atoms with Gasteiger partial charge in [-0.15, -0.1) is 0 Å². The molecule has 0 fully saturated rings. The Labute approximate surface area is 129 Å². The van der Waals surface area contributed by atoms with Crippen LogP contribution in [-0.4, -0.2) is 26.7 Å². The van der Waals surface area contributed by atoms with Crippen LogP contribution in [0.5, 0.6) is 0 Å². The molecule has 0 saturated carbocycles. The zero-order valence-corrected chi connectivity index (χ0v) is 11.7. The van der Waals surface area contributed by atoms with E-state index in [0.717, 1.165) is 0 Å². The summed E-state index contributed by atoms with van der Waals surface area (Å²) in [6.07, 6.45) is 0. The second kappa shape index (κ2) is 5.45. The molecule has 0 atom stereocenters. The Bertz CT molecular complexity index is 964. The van der Waals surface area contributed by atoms with Crippen LogP contribution in [0, 0.1) is 0 Å². The van der Waals surface area contributed by atoms with Crippen LogP contribution in [0.15, 0.2) is 51.7 Å². The molecule has 7 nitrogen and oxygen atoms in total. The first kappa shape index (κ1) is 14.6. The first-order chi connectivity index (χ1) is 11.0. The van der Waals surface area contributed by atoms with Crippen molar-refractivity contribution in [3.05, 3.63) is 69.7 Å². The Morgan fingerprint density at radius 2 is 1.57 bits per heavy atom. The van der Waals surface area contributed by atoms with Gasteiger partial charge in [0.1, 0.15) is 0 Å². The lowest BCUT2D eigenvalue weighted by Gasteiger charge is -2.04. The molecule has 0 spiro atoms. The Hall–Kier alpha value is -3.35. The zero-order valence-electron chi connectivity index (χ0n) is 11.7. The number of nitrogens with zero attached hydrogens (tertiary/aromatic N) is 1. The molecule has 0 aliphatic rings. The van der Waals surface area contributed by atoms with Crippen LogP contribution in [0.2, 0.25) is 0 Å². The number of fused-ring (bicyclic) bond motifs is 1. The third-order valence-corrected chi connectivity index (χ3v) is 3.46. The van der Waals surface area contributed by atoms with E-state index >= 15 is 0 Å². The SMILES string of the molecule is O=C(O)c1ccc(Cn2c(=O)oc3ccc(C(=O)O)cc32)cc1. The monoisotopic (exact) mass is 313 g/mol. The predicted molar refractivity (Wildman–Crippen MR) is 79.9 cm³/mol. The second-order valence-corrected chi connectivity index (χ2v) is 4.94. The van der Waals surface area contributed by atoms with Gasteiger partial charge < -0.3 is 14.6 Å². The van der Waals surface area contributed by atoms with Crippen LogP contribution in [0.25, 0.3) is 11.1 Å². The summed E-state index contributed by atoms with van der Waals surface area (Å²) in [6, 6.07) is 10.2. The molecule has 3 aromatic rings. The van der Waals surface area contributed by atoms with Crippen molar-refractivity contribution < 1.29 is 24.2 Å². The third kappa shape index (κ3) is 2.71. The number of aromatic carboxylic acids is 2. The van der Waals surface area contributed by atoms with Gasteiger partial charge in [-0.05, 0) is 35.9 Å². The third-order valence-electron chi connectivity index (χ3n) is 3.46. The number of carbonyl (C=O) groups is 2. The molecule has 3 rings (SSSR count). The maximum Gasteiger partial charge on any atom is 0.420 e. The molecular formula is C16H11NO6. The first-order valence-corrected chi connectivity index (χ1v) is 6.64. The number of rotatable bonds is 4. The summed E-state index contributed by atoms with van der Waals surface area (Å²) in [5, 5.41) is 17.9. The summed E-state index contributed by atoms with van der Waals surface area (Å²) in [4.78, 5) is 33.8. The van der Waals surface area contributed by atoms with E-state index in [4.69, 9.17) is 14.6 Å². The van der Waals surface area contributed by atoms with Crippen molar-refractivity contribution >= 4 is 23.0 Å². The molecule has 0 bridgehead atoms. The highest BCUT2D eigenvalue weighted by atomic mass is 16.4. The van der Waals surface area contributed by atoms with Gasteiger partial charge in [0.2, 0.25) is 0 Å². The molecule has 0 saturated heterocycles. The van der Waals surface area contributed by atoms with Crippen LogP contribution in [0.1, 0.15) is 26.3 Å². The minimum atomic E-state index is -1.10. The van der Waals surface area contributed by atoms with Gasteiger partial charge in [-0.3, -0.25) is 4.57 Å². The van der Waals surface area contributed by atoms with Crippen LogP contribution < -0.4 is 5.76 Å². The van der Waals surface area contributed by atoms with Gasteiger partial charge in [0.05, 0.1) is 23.2 Å². The molecule has 0 amide bonds. The molecule has 2 N–H and O–H groups in total. The van der Waals surface area contributed by atoms with Gasteiger partial charge in [0.25, 0.3) is 0 Å². The Morgan fingerprint density at radius 3 is 2.17 bits per heavy atom. The fourth-order valence-corrected chi connectivity index (χ4v) is 2.28. The summed E-state index contributed by atoms with van der Waals surface area (Å²) >= 11 is 0. The van der Waals surface area contributed by atoms with Crippen LogP contribution >= 0.6 is 0 Å². The van der Waals surface area contributed by atoms with E-state index in [1.807, 2.05) is 0 Å². The zero-order chi connectivity index (χ0) is 16.6. The van der Waals surface area contributed by atoms with E-state index in [1.54, 1.807) is 12.1 Å². The number of aromatic nitrogens is 1. The maximum atomic E-state index is 12.0. The molecule has 0 radical (unpaired) electrons. The Balaban J connectivity index is 2.03. The van der Waals surface area contributed by atoms with Crippen molar-refractivity contribution in [2.24, 2.45) is 0 Å². The number of benzene rings is 2. The van der Waals surface area contributed by atoms with Gasteiger partial charge in [0, 0.05) is 0 Å². The fraction of sp³-hybridized carbons (Fsp3) is 0.0625. The number of carboxylic acid groups (broad SMARTS) is 2. The van der Waals surface area contributed by atoms with E-state index in [9.17, 15) is 14.4 Å². The van der Waals surface area contributed by atoms with E-state index in [2.05, 4.69) is 0 Å². The van der Waals surface area contributed by atoms with Crippen LogP contribution in [0.4, 0.5) is 0 Å². The Morgan fingerprint density at radius 1 is 0.957 bits per heavy atom. The molecule has 1 heterocycles. The quantitative estimate of drug-likeness (QED) is 0.762. The molecule has 2 aromatic carbocycles. The standard InChI is InChI=1S/C16H11NO6/c18-14(19)10-3-1-9(2-4-10)8-17-12-7-11(15(20)21)5-6-13(12)23-16(17)22/h1-7H,8H2,(H,18,19)(H,20,21). The predicted octanol–water partition coefficient (Wildman–Crippen LogP) is 2.04. The summed E-state index contributed by atoms with van der Waals surface area (Å²) in [7, 11) is 0. The van der Waals surface area contributed by atoms with Gasteiger partial charge in [0.15, 0.2) is 5.58 Å². The van der Waals surface area contributed by atoms with E-state index in [0.29, 0.717) is 16.7 Å². The van der Waals surface area contributed by atoms with Crippen molar-refractivity contribution in [1.29, 1.82) is 0 Å². The molecule has 23 heavy (non-hydrogen) atoms. The topological polar surface area (TPSA) is 110 Å². The van der Waals surface area contributed by atoms with E-state index < -0.39 is 17.7 Å². The van der Waals surface area contributed by atoms with Gasteiger partial charge >= 0.3 is 17.7 Å². The molecule has 0 aliphatic carbocycles. The van der Waals surface area contributed by atoms with E-state index in [-0.39, 0.29) is 17.7 Å². The molecular weight excluding hydrogens is 302 g/mol. The van der Waals surface area contributed by atoms with Gasteiger partial charge in [-0.2, -0.15) is 0 Å². The Kier molecular flexibility index (Phi) is 3.46. The highest BCUT2D eigenvalue weighted by Gasteiger charge is 2.13. The molecule has 0 aliphatic heterocycles. The van der Waals surface area contributed by atoms with Crippen LogP contribution in [-0.2, 0) is 6.54 Å². The van der Waals surface area contributed by atoms with Crippen molar-refractivity contribution in [2.45, 2.75) is 6.54 Å². The summed E-state index contributed by atoms with van der Waals surface area (Å²) in [5.74, 6) is -2.74. The number of oxazole rings is 1.